The highest BCUT2D eigenvalue weighted by atomic mass is 35.5. The van der Waals surface area contributed by atoms with Gasteiger partial charge in [0.15, 0.2) is 0 Å². The lowest BCUT2D eigenvalue weighted by Crippen LogP contribution is -2.01. The zero-order valence-electron chi connectivity index (χ0n) is 12.9. The molecule has 0 spiro atoms. The first-order valence-corrected chi connectivity index (χ1v) is 8.08. The topological polar surface area (TPSA) is 38.1 Å². The van der Waals surface area contributed by atoms with Crippen LogP contribution in [0.1, 0.15) is 5.56 Å². The summed E-state index contributed by atoms with van der Waals surface area (Å²) >= 11 is 6.20. The number of nitrogens with zero attached hydrogens (tertiary/aromatic N) is 2. The van der Waals surface area contributed by atoms with Crippen molar-refractivity contribution in [3.63, 3.8) is 0 Å². The number of benzene rings is 3. The van der Waals surface area contributed by atoms with E-state index in [4.69, 9.17) is 16.7 Å². The zero-order chi connectivity index (χ0) is 16.5. The third-order valence-corrected chi connectivity index (χ3v) is 4.26. The lowest BCUT2D eigenvalue weighted by atomic mass is 10.1. The number of rotatable bonds is 3. The summed E-state index contributed by atoms with van der Waals surface area (Å²) in [6.45, 7) is 0.676. The number of halogens is 1. The molecule has 1 N–H and O–H groups in total. The van der Waals surface area contributed by atoms with Gasteiger partial charge in [0, 0.05) is 16.0 Å². The number of aromatic nitrogens is 2. The minimum absolute atomic E-state index is 0.245. The van der Waals surface area contributed by atoms with Crippen LogP contribution in [0.4, 0.5) is 0 Å². The summed E-state index contributed by atoms with van der Waals surface area (Å²) < 4.78 is 1.97. The number of aromatic hydroxyl groups is 1. The van der Waals surface area contributed by atoms with Crippen LogP contribution in [0.2, 0.25) is 5.02 Å². The summed E-state index contributed by atoms with van der Waals surface area (Å²) in [7, 11) is 0. The molecule has 118 valence electrons. The SMILES string of the molecule is Oc1ccc(-c2nn(Cc3ccccc3)c3cc(Cl)ccc23)cc1. The van der Waals surface area contributed by atoms with Crippen molar-refractivity contribution >= 4 is 22.5 Å². The molecule has 0 amide bonds. The zero-order valence-corrected chi connectivity index (χ0v) is 13.6. The maximum Gasteiger partial charge on any atom is 0.115 e. The minimum atomic E-state index is 0.245. The molecule has 0 bridgehead atoms. The molecule has 0 saturated carbocycles. The molecule has 4 rings (SSSR count). The van der Waals surface area contributed by atoms with Crippen molar-refractivity contribution in [2.24, 2.45) is 0 Å². The van der Waals surface area contributed by atoms with Crippen molar-refractivity contribution in [3.8, 4) is 17.0 Å². The Balaban J connectivity index is 1.87. The maximum absolute atomic E-state index is 9.51. The fourth-order valence-corrected chi connectivity index (χ4v) is 3.02. The fraction of sp³-hybridized carbons (Fsp3) is 0.0500. The van der Waals surface area contributed by atoms with Crippen LogP contribution in [-0.2, 0) is 6.54 Å². The van der Waals surface area contributed by atoms with Crippen LogP contribution in [0.5, 0.6) is 5.75 Å². The maximum atomic E-state index is 9.51. The predicted molar refractivity (Wildman–Crippen MR) is 97.4 cm³/mol. The Morgan fingerprint density at radius 3 is 2.42 bits per heavy atom. The van der Waals surface area contributed by atoms with Gasteiger partial charge >= 0.3 is 0 Å². The van der Waals surface area contributed by atoms with E-state index in [2.05, 4.69) is 12.1 Å². The Morgan fingerprint density at radius 2 is 1.67 bits per heavy atom. The summed E-state index contributed by atoms with van der Waals surface area (Å²) in [5.74, 6) is 0.245. The molecule has 0 saturated heterocycles. The fourth-order valence-electron chi connectivity index (χ4n) is 2.86. The Morgan fingerprint density at radius 1 is 0.917 bits per heavy atom. The highest BCUT2D eigenvalue weighted by Crippen LogP contribution is 2.31. The van der Waals surface area contributed by atoms with E-state index < -0.39 is 0 Å². The van der Waals surface area contributed by atoms with Crippen molar-refractivity contribution in [2.75, 3.05) is 0 Å². The quantitative estimate of drug-likeness (QED) is 0.565. The van der Waals surface area contributed by atoms with Gasteiger partial charge in [-0.15, -0.1) is 0 Å². The molecule has 4 aromatic rings. The van der Waals surface area contributed by atoms with Crippen LogP contribution >= 0.6 is 11.6 Å². The van der Waals surface area contributed by atoms with Crippen LogP contribution in [0.15, 0.2) is 72.8 Å². The molecule has 3 nitrogen and oxygen atoms in total. The van der Waals surface area contributed by atoms with Gasteiger partial charge in [-0.1, -0.05) is 41.9 Å². The van der Waals surface area contributed by atoms with Crippen LogP contribution < -0.4 is 0 Å². The van der Waals surface area contributed by atoms with Crippen LogP contribution in [0, 0.1) is 0 Å². The molecule has 0 fully saturated rings. The number of hydrogen-bond acceptors (Lipinski definition) is 2. The molecule has 4 heteroatoms. The van der Waals surface area contributed by atoms with E-state index in [9.17, 15) is 5.11 Å². The van der Waals surface area contributed by atoms with Gasteiger partial charge in [0.25, 0.3) is 0 Å². The van der Waals surface area contributed by atoms with Gasteiger partial charge in [0.1, 0.15) is 11.4 Å². The van der Waals surface area contributed by atoms with Crippen molar-refractivity contribution in [1.29, 1.82) is 0 Å². The van der Waals surface area contributed by atoms with E-state index >= 15 is 0 Å². The average molecular weight is 335 g/mol. The van der Waals surface area contributed by atoms with Crippen molar-refractivity contribution in [2.45, 2.75) is 6.54 Å². The van der Waals surface area contributed by atoms with Crippen molar-refractivity contribution < 1.29 is 5.11 Å². The molecular formula is C20H15ClN2O. The van der Waals surface area contributed by atoms with E-state index in [0.29, 0.717) is 11.6 Å². The van der Waals surface area contributed by atoms with Gasteiger partial charge in [0.2, 0.25) is 0 Å². The van der Waals surface area contributed by atoms with Crippen molar-refractivity contribution in [3.05, 3.63) is 83.4 Å². The van der Waals surface area contributed by atoms with Gasteiger partial charge in [-0.25, -0.2) is 0 Å². The standard InChI is InChI=1S/C20H15ClN2O/c21-16-8-11-18-19(12-16)23(13-14-4-2-1-3-5-14)22-20(18)15-6-9-17(24)10-7-15/h1-12,24H,13H2. The Bertz CT molecular complexity index is 992. The molecule has 24 heavy (non-hydrogen) atoms. The first-order chi connectivity index (χ1) is 11.7. The first-order valence-electron chi connectivity index (χ1n) is 7.70. The van der Waals surface area contributed by atoms with Crippen LogP contribution in [0.25, 0.3) is 22.2 Å². The minimum Gasteiger partial charge on any atom is -0.508 e. The highest BCUT2D eigenvalue weighted by molar-refractivity contribution is 6.31. The molecule has 0 aliphatic rings. The highest BCUT2D eigenvalue weighted by Gasteiger charge is 2.13. The third kappa shape index (κ3) is 2.74. The summed E-state index contributed by atoms with van der Waals surface area (Å²) in [5, 5.41) is 16.0. The molecule has 0 unspecified atom stereocenters. The van der Waals surface area contributed by atoms with E-state index in [0.717, 1.165) is 22.2 Å². The Hall–Kier alpha value is -2.78. The summed E-state index contributed by atoms with van der Waals surface area (Å²) in [6.07, 6.45) is 0. The number of hydrogen-bond donors (Lipinski definition) is 1. The predicted octanol–water partition coefficient (Wildman–Crippen LogP) is 5.11. The largest absolute Gasteiger partial charge is 0.508 e. The number of fused-ring (bicyclic) bond motifs is 1. The monoisotopic (exact) mass is 334 g/mol. The molecular weight excluding hydrogens is 320 g/mol. The van der Waals surface area contributed by atoms with Crippen LogP contribution in [0.3, 0.4) is 0 Å². The van der Waals surface area contributed by atoms with E-state index in [1.807, 2.05) is 53.2 Å². The second-order valence-corrected chi connectivity index (χ2v) is 6.14. The van der Waals surface area contributed by atoms with Gasteiger partial charge in [-0.05, 0) is 48.0 Å². The molecule has 0 aliphatic carbocycles. The molecule has 0 atom stereocenters. The lowest BCUT2D eigenvalue weighted by molar-refractivity contribution is 0.475. The van der Waals surface area contributed by atoms with Crippen molar-refractivity contribution in [1.82, 2.24) is 9.78 Å². The number of phenolic OH excluding ortho intramolecular Hbond substituents is 1. The molecule has 0 aliphatic heterocycles. The average Bonchev–Trinajstić information content (AvgIpc) is 2.94. The Labute approximate surface area is 144 Å². The number of phenols is 1. The van der Waals surface area contributed by atoms with Crippen LogP contribution in [-0.4, -0.2) is 14.9 Å². The van der Waals surface area contributed by atoms with E-state index in [-0.39, 0.29) is 5.75 Å². The summed E-state index contributed by atoms with van der Waals surface area (Å²) in [5.41, 5.74) is 4.03. The lowest BCUT2D eigenvalue weighted by Gasteiger charge is -2.03. The van der Waals surface area contributed by atoms with Gasteiger partial charge in [-0.3, -0.25) is 4.68 Å². The smallest absolute Gasteiger partial charge is 0.115 e. The molecule has 1 heterocycles. The second kappa shape index (κ2) is 6.02. The van der Waals surface area contributed by atoms with Gasteiger partial charge in [0.05, 0.1) is 12.1 Å². The first kappa shape index (κ1) is 14.8. The van der Waals surface area contributed by atoms with E-state index in [1.165, 1.54) is 5.56 Å². The Kier molecular flexibility index (Phi) is 3.71. The molecule has 0 radical (unpaired) electrons. The molecule has 1 aromatic heterocycles. The summed E-state index contributed by atoms with van der Waals surface area (Å²) in [4.78, 5) is 0. The second-order valence-electron chi connectivity index (χ2n) is 5.70. The molecule has 3 aromatic carbocycles. The van der Waals surface area contributed by atoms with Gasteiger partial charge in [-0.2, -0.15) is 5.10 Å². The summed E-state index contributed by atoms with van der Waals surface area (Å²) in [6, 6.07) is 23.1. The van der Waals surface area contributed by atoms with E-state index in [1.54, 1.807) is 12.1 Å². The third-order valence-electron chi connectivity index (χ3n) is 4.03. The van der Waals surface area contributed by atoms with Gasteiger partial charge < -0.3 is 5.11 Å². The normalized spacial score (nSPS) is 11.0.